The van der Waals surface area contributed by atoms with E-state index in [0.29, 0.717) is 18.9 Å². The van der Waals surface area contributed by atoms with E-state index in [-0.39, 0.29) is 23.7 Å². The molecule has 5 atom stereocenters. The Bertz CT molecular complexity index is 1210. The minimum absolute atomic E-state index is 0.00927. The summed E-state index contributed by atoms with van der Waals surface area (Å²) in [4.78, 5) is 30.4. The Kier molecular flexibility index (Phi) is 6.46. The Labute approximate surface area is 216 Å². The Morgan fingerprint density at radius 1 is 1.24 bits per heavy atom. The van der Waals surface area contributed by atoms with E-state index in [9.17, 15) is 19.1 Å². The lowest BCUT2D eigenvalue weighted by Gasteiger charge is -2.44. The summed E-state index contributed by atoms with van der Waals surface area (Å²) in [6.45, 7) is 6.25. The molecule has 3 aliphatic rings. The second-order valence-electron chi connectivity index (χ2n) is 11.6. The average molecular weight is 508 g/mol. The van der Waals surface area contributed by atoms with E-state index in [1.54, 1.807) is 17.2 Å². The second-order valence-corrected chi connectivity index (χ2v) is 11.6. The molecule has 7 nitrogen and oxygen atoms in total. The second kappa shape index (κ2) is 9.47. The summed E-state index contributed by atoms with van der Waals surface area (Å²) >= 11 is 0. The van der Waals surface area contributed by atoms with Crippen LogP contribution < -0.4 is 5.32 Å². The number of alkyl carbamates (subject to hydrolysis) is 1. The first-order valence-electron chi connectivity index (χ1n) is 12.9. The van der Waals surface area contributed by atoms with Crippen molar-refractivity contribution in [3.05, 3.63) is 60.2 Å². The predicted molar refractivity (Wildman–Crippen MR) is 138 cm³/mol. The molecule has 2 heterocycles. The highest BCUT2D eigenvalue weighted by molar-refractivity contribution is 5.71. The van der Waals surface area contributed by atoms with Gasteiger partial charge in [-0.15, -0.1) is 0 Å². The number of aromatic nitrogens is 1. The fraction of sp³-hybridized carbons (Fsp3) is 0.483. The number of hydrogen-bond acceptors (Lipinski definition) is 4. The smallest absolute Gasteiger partial charge is 0.407 e. The number of nitrogens with one attached hydrogen (secondary N) is 1. The van der Waals surface area contributed by atoms with Crippen molar-refractivity contribution >= 4 is 18.3 Å². The first-order chi connectivity index (χ1) is 17.6. The molecule has 2 amide bonds. The van der Waals surface area contributed by atoms with Crippen LogP contribution in [0.1, 0.15) is 52.1 Å². The molecule has 1 saturated heterocycles. The van der Waals surface area contributed by atoms with Crippen molar-refractivity contribution in [1.29, 1.82) is 0 Å². The third-order valence-electron chi connectivity index (χ3n) is 8.23. The third kappa shape index (κ3) is 4.93. The van der Waals surface area contributed by atoms with Crippen LogP contribution in [0.15, 0.2) is 48.7 Å². The van der Waals surface area contributed by atoms with Gasteiger partial charge in [0, 0.05) is 29.3 Å². The highest BCUT2D eigenvalue weighted by Crippen LogP contribution is 2.55. The van der Waals surface area contributed by atoms with Gasteiger partial charge in [0.05, 0.1) is 12.2 Å². The number of pyridine rings is 1. The SMILES string of the molecule is CC(C)(C)N(C(=O)O)C1CC[C@@H]2[C@@H](C1)CC1(CNC(=O)O1)[C@H]2C=Cc1ccc(-c2cccc(F)c2)cn1. The fourth-order valence-electron chi connectivity index (χ4n) is 6.81. The van der Waals surface area contributed by atoms with Crippen LogP contribution in [-0.2, 0) is 4.74 Å². The number of amides is 2. The van der Waals surface area contributed by atoms with Gasteiger partial charge in [0.25, 0.3) is 0 Å². The van der Waals surface area contributed by atoms with E-state index in [1.165, 1.54) is 12.1 Å². The molecule has 8 heteroatoms. The number of ether oxygens (including phenoxy) is 1. The number of halogens is 1. The van der Waals surface area contributed by atoms with Crippen molar-refractivity contribution in [1.82, 2.24) is 15.2 Å². The highest BCUT2D eigenvalue weighted by atomic mass is 19.1. The summed E-state index contributed by atoms with van der Waals surface area (Å²) in [5.41, 5.74) is 1.27. The van der Waals surface area contributed by atoms with E-state index < -0.39 is 23.3 Å². The minimum atomic E-state index is -0.887. The van der Waals surface area contributed by atoms with Crippen molar-refractivity contribution in [2.75, 3.05) is 6.54 Å². The number of benzene rings is 1. The number of carbonyl (C=O) groups excluding carboxylic acids is 1. The van der Waals surface area contributed by atoms with E-state index in [1.807, 2.05) is 45.0 Å². The summed E-state index contributed by atoms with van der Waals surface area (Å²) in [5, 5.41) is 12.8. The maximum absolute atomic E-state index is 13.6. The Hall–Kier alpha value is -3.42. The standard InChI is InChI=1S/C29H34FN3O4/c1-28(2,3)33(27(35)36)23-10-11-24-20(14-23)15-29(17-32-26(34)37-29)25(24)12-9-22-8-7-19(16-31-22)18-5-4-6-21(30)13-18/h4-9,12-13,16,20,23-25H,10-11,14-15,17H2,1-3H3,(H,32,34)(H,35,36)/t20-,23?,24+,25-,29?/m0/s1. The lowest BCUT2D eigenvalue weighted by molar-refractivity contribution is 0.0302. The van der Waals surface area contributed by atoms with Gasteiger partial charge in [-0.3, -0.25) is 4.98 Å². The van der Waals surface area contributed by atoms with Crippen molar-refractivity contribution in [2.24, 2.45) is 17.8 Å². The van der Waals surface area contributed by atoms with Gasteiger partial charge in [-0.2, -0.15) is 0 Å². The number of rotatable bonds is 4. The summed E-state index contributed by atoms with van der Waals surface area (Å²) in [7, 11) is 0. The maximum Gasteiger partial charge on any atom is 0.407 e. The molecule has 37 heavy (non-hydrogen) atoms. The molecule has 2 unspecified atom stereocenters. The Balaban J connectivity index is 1.37. The van der Waals surface area contributed by atoms with Gasteiger partial charge >= 0.3 is 12.2 Å². The number of hydrogen-bond donors (Lipinski definition) is 2. The quantitative estimate of drug-likeness (QED) is 0.533. The van der Waals surface area contributed by atoms with Crippen molar-refractivity contribution in [3.8, 4) is 11.1 Å². The molecule has 0 radical (unpaired) electrons. The van der Waals surface area contributed by atoms with E-state index >= 15 is 0 Å². The summed E-state index contributed by atoms with van der Waals surface area (Å²) in [6, 6.07) is 10.2. The van der Waals surface area contributed by atoms with Gasteiger partial charge in [0.2, 0.25) is 0 Å². The topological polar surface area (TPSA) is 91.8 Å². The molecular formula is C29H34FN3O4. The van der Waals surface area contributed by atoms with Crippen molar-refractivity contribution < 1.29 is 23.8 Å². The molecule has 2 N–H and O–H groups in total. The highest BCUT2D eigenvalue weighted by Gasteiger charge is 2.59. The van der Waals surface area contributed by atoms with Gasteiger partial charge in [0.1, 0.15) is 11.4 Å². The molecule has 2 aliphatic carbocycles. The largest absolute Gasteiger partial charge is 0.465 e. The van der Waals surface area contributed by atoms with Crippen LogP contribution >= 0.6 is 0 Å². The lowest BCUT2D eigenvalue weighted by Crippen LogP contribution is -2.53. The zero-order valence-corrected chi connectivity index (χ0v) is 21.5. The molecule has 1 aliphatic heterocycles. The van der Waals surface area contributed by atoms with Crippen LogP contribution in [0.25, 0.3) is 17.2 Å². The van der Waals surface area contributed by atoms with Gasteiger partial charge in [-0.1, -0.05) is 24.3 Å². The van der Waals surface area contributed by atoms with E-state index in [4.69, 9.17) is 4.74 Å². The molecule has 0 bridgehead atoms. The van der Waals surface area contributed by atoms with Gasteiger partial charge in [-0.25, -0.2) is 14.0 Å². The van der Waals surface area contributed by atoms with Crippen LogP contribution in [0.3, 0.4) is 0 Å². The fourth-order valence-corrected chi connectivity index (χ4v) is 6.81. The molecule has 1 aromatic carbocycles. The predicted octanol–water partition coefficient (Wildman–Crippen LogP) is 5.96. The molecule has 2 aromatic rings. The van der Waals surface area contributed by atoms with Crippen LogP contribution in [0, 0.1) is 23.6 Å². The summed E-state index contributed by atoms with van der Waals surface area (Å²) in [5.74, 6) is 0.275. The molecule has 3 fully saturated rings. The molecular weight excluding hydrogens is 473 g/mol. The number of nitrogens with zero attached hydrogens (tertiary/aromatic N) is 2. The van der Waals surface area contributed by atoms with E-state index in [0.717, 1.165) is 36.1 Å². The number of carboxylic acid groups (broad SMARTS) is 1. The molecule has 2 saturated carbocycles. The summed E-state index contributed by atoms with van der Waals surface area (Å²) < 4.78 is 19.5. The molecule has 196 valence electrons. The van der Waals surface area contributed by atoms with Crippen molar-refractivity contribution in [3.63, 3.8) is 0 Å². The minimum Gasteiger partial charge on any atom is -0.465 e. The van der Waals surface area contributed by atoms with Gasteiger partial charge in [-0.05, 0) is 88.1 Å². The summed E-state index contributed by atoms with van der Waals surface area (Å²) in [6.07, 6.45) is 7.67. The zero-order valence-electron chi connectivity index (χ0n) is 21.5. The average Bonchev–Trinajstić information content (AvgIpc) is 3.34. The van der Waals surface area contributed by atoms with Gasteiger partial charge < -0.3 is 20.1 Å². The Morgan fingerprint density at radius 2 is 2.05 bits per heavy atom. The van der Waals surface area contributed by atoms with Crippen LogP contribution in [-0.4, -0.2) is 50.9 Å². The third-order valence-corrected chi connectivity index (χ3v) is 8.23. The molecule has 1 aromatic heterocycles. The van der Waals surface area contributed by atoms with E-state index in [2.05, 4.69) is 16.4 Å². The van der Waals surface area contributed by atoms with Gasteiger partial charge in [0.15, 0.2) is 0 Å². The first-order valence-corrected chi connectivity index (χ1v) is 12.9. The maximum atomic E-state index is 13.6. The monoisotopic (exact) mass is 507 g/mol. The van der Waals surface area contributed by atoms with Crippen LogP contribution in [0.2, 0.25) is 0 Å². The normalized spacial score (nSPS) is 29.2. The Morgan fingerprint density at radius 3 is 2.68 bits per heavy atom. The molecule has 5 rings (SSSR count). The first kappa shape index (κ1) is 25.2. The van der Waals surface area contributed by atoms with Crippen LogP contribution in [0.5, 0.6) is 0 Å². The van der Waals surface area contributed by atoms with Crippen molar-refractivity contribution in [2.45, 2.75) is 63.6 Å². The lowest BCUT2D eigenvalue weighted by atomic mass is 9.74. The zero-order chi connectivity index (χ0) is 26.4. The molecule has 1 spiro atoms. The number of fused-ring (bicyclic) bond motifs is 1. The van der Waals surface area contributed by atoms with Crippen LogP contribution in [0.4, 0.5) is 14.0 Å². The number of carbonyl (C=O) groups is 2.